The van der Waals surface area contributed by atoms with Gasteiger partial charge in [0.2, 0.25) is 0 Å². The van der Waals surface area contributed by atoms with Crippen molar-refractivity contribution in [2.75, 3.05) is 0 Å². The Bertz CT molecular complexity index is 950. The number of aliphatic carboxylic acids is 6. The molecule has 21 nitrogen and oxygen atoms in total. The van der Waals surface area contributed by atoms with Crippen LogP contribution in [0.5, 0.6) is 0 Å². The second kappa shape index (κ2) is 13.8. The Morgan fingerprint density at radius 1 is 0.425 bits per heavy atom. The van der Waals surface area contributed by atoms with Crippen LogP contribution in [-0.2, 0) is 57.1 Å². The lowest BCUT2D eigenvalue weighted by atomic mass is 9.95. The van der Waals surface area contributed by atoms with Crippen LogP contribution < -0.4 is 0 Å². The van der Waals surface area contributed by atoms with E-state index in [4.69, 9.17) is 30.6 Å². The third-order valence-electron chi connectivity index (χ3n) is 4.52. The summed E-state index contributed by atoms with van der Waals surface area (Å²) < 4.78 is 12.9. The minimum Gasteiger partial charge on any atom is -0.481 e. The minimum absolute atomic E-state index is 1.59. The van der Waals surface area contributed by atoms with Crippen molar-refractivity contribution in [3.63, 3.8) is 0 Å². The molecular formula is C18H21BO21. The van der Waals surface area contributed by atoms with Crippen LogP contribution in [0, 0.1) is 0 Å². The molecule has 0 aliphatic carbocycles. The molecule has 0 heterocycles. The van der Waals surface area contributed by atoms with Crippen LogP contribution in [0.4, 0.5) is 0 Å². The average Bonchev–Trinajstić information content (AvgIpc) is 2.70. The Kier molecular flexibility index (Phi) is 12.2. The molecule has 0 aliphatic heterocycles. The van der Waals surface area contributed by atoms with E-state index in [-0.39, 0.29) is 0 Å². The normalized spacial score (nSPS) is 15.1. The van der Waals surface area contributed by atoms with Gasteiger partial charge in [-0.05, 0) is 0 Å². The lowest BCUT2D eigenvalue weighted by molar-refractivity contribution is -0.173. The van der Waals surface area contributed by atoms with Crippen molar-refractivity contribution >= 4 is 61.0 Å². The van der Waals surface area contributed by atoms with Gasteiger partial charge in [-0.15, -0.1) is 0 Å². The first-order valence-electron chi connectivity index (χ1n) is 10.2. The van der Waals surface area contributed by atoms with Crippen molar-refractivity contribution in [3.8, 4) is 0 Å². The van der Waals surface area contributed by atoms with Crippen LogP contribution in [0.15, 0.2) is 0 Å². The molecule has 40 heavy (non-hydrogen) atoms. The van der Waals surface area contributed by atoms with Crippen molar-refractivity contribution in [2.45, 2.75) is 55.3 Å². The fourth-order valence-corrected chi connectivity index (χ4v) is 2.63. The molecule has 0 aromatic carbocycles. The maximum atomic E-state index is 12.1. The van der Waals surface area contributed by atoms with Crippen LogP contribution in [0.25, 0.3) is 0 Å². The standard InChI is InChI=1S/C18H21BO21/c20-7(21)1-16(35,13(29)30)4-10(26)38-19(39-11(27)5-17(36,14(31)32)2-8(22)23)40-12(28)6-18(37,15(33)34)3-9(24)25/h35-37H,1-6H2,(H,20,21)(H,22,23)(H,24,25)(H,29,30)(H,31,32)(H,33,34). The largest absolute Gasteiger partial charge is 0.870 e. The molecule has 0 fully saturated rings. The molecule has 0 aromatic rings. The predicted octanol–water partition coefficient (Wildman–Crippen LogP) is -4.36. The topological polar surface area (TPSA) is 363 Å². The smallest absolute Gasteiger partial charge is 0.481 e. The highest BCUT2D eigenvalue weighted by Gasteiger charge is 2.48. The van der Waals surface area contributed by atoms with Crippen LogP contribution in [0.2, 0.25) is 0 Å². The Morgan fingerprint density at radius 3 is 0.775 bits per heavy atom. The summed E-state index contributed by atoms with van der Waals surface area (Å²) in [7, 11) is -3.05. The maximum Gasteiger partial charge on any atom is 0.870 e. The Balaban J connectivity index is 6.05. The number of carboxylic acids is 6. The number of carbonyl (C=O) groups excluding carboxylic acids is 3. The summed E-state index contributed by atoms with van der Waals surface area (Å²) in [6, 6.07) is 0. The van der Waals surface area contributed by atoms with E-state index in [1.807, 2.05) is 0 Å². The first-order chi connectivity index (χ1) is 18.0. The van der Waals surface area contributed by atoms with Gasteiger partial charge in [-0.1, -0.05) is 0 Å². The number of carbonyl (C=O) groups is 9. The number of hydrogen-bond acceptors (Lipinski definition) is 15. The van der Waals surface area contributed by atoms with Gasteiger partial charge in [0, 0.05) is 0 Å². The van der Waals surface area contributed by atoms with Gasteiger partial charge in [0.25, 0.3) is 17.9 Å². The highest BCUT2D eigenvalue weighted by molar-refractivity contribution is 6.44. The number of hydrogen-bond donors (Lipinski definition) is 9. The number of rotatable bonds is 18. The predicted molar refractivity (Wildman–Crippen MR) is 112 cm³/mol. The van der Waals surface area contributed by atoms with Crippen molar-refractivity contribution in [3.05, 3.63) is 0 Å². The van der Waals surface area contributed by atoms with E-state index in [1.165, 1.54) is 0 Å². The average molecular weight is 584 g/mol. The zero-order valence-electron chi connectivity index (χ0n) is 19.7. The number of aliphatic hydroxyl groups is 3. The number of carboxylic acid groups (broad SMARTS) is 6. The zero-order chi connectivity index (χ0) is 31.6. The minimum atomic E-state index is -3.35. The third kappa shape index (κ3) is 11.3. The van der Waals surface area contributed by atoms with Crippen molar-refractivity contribution in [2.24, 2.45) is 0 Å². The summed E-state index contributed by atoms with van der Waals surface area (Å²) in [6.45, 7) is 0. The molecule has 0 rings (SSSR count). The molecule has 3 unspecified atom stereocenters. The van der Waals surface area contributed by atoms with Gasteiger partial charge in [0.05, 0.1) is 38.5 Å². The van der Waals surface area contributed by atoms with Crippen molar-refractivity contribution in [1.82, 2.24) is 0 Å². The van der Waals surface area contributed by atoms with Gasteiger partial charge >= 0.3 is 43.1 Å². The molecule has 0 aliphatic rings. The van der Waals surface area contributed by atoms with Crippen LogP contribution >= 0.6 is 0 Å². The zero-order valence-corrected chi connectivity index (χ0v) is 19.7. The fourth-order valence-electron chi connectivity index (χ4n) is 2.63. The summed E-state index contributed by atoms with van der Waals surface area (Å²) in [6.07, 6.45) is -9.96. The van der Waals surface area contributed by atoms with Gasteiger partial charge in [-0.25, -0.2) is 14.4 Å². The van der Waals surface area contributed by atoms with E-state index in [9.17, 15) is 58.5 Å². The van der Waals surface area contributed by atoms with Gasteiger partial charge in [0.15, 0.2) is 16.8 Å². The molecule has 0 saturated carbocycles. The molecular weight excluding hydrogens is 563 g/mol. The van der Waals surface area contributed by atoms with Crippen molar-refractivity contribution in [1.29, 1.82) is 0 Å². The van der Waals surface area contributed by atoms with Gasteiger partial charge < -0.3 is 59.9 Å². The Hall–Kier alpha value is -4.83. The SMILES string of the molecule is O=C(O)CC(O)(CC(=O)OB(OC(=O)CC(O)(CC(=O)O)C(=O)O)OC(=O)CC(O)(CC(=O)O)C(=O)O)C(=O)O. The van der Waals surface area contributed by atoms with E-state index >= 15 is 0 Å². The maximum absolute atomic E-state index is 12.1. The first kappa shape index (κ1) is 35.2. The summed E-state index contributed by atoms with van der Waals surface area (Å²) in [5.41, 5.74) is -10.0. The monoisotopic (exact) mass is 584 g/mol. The van der Waals surface area contributed by atoms with Crippen LogP contribution in [0.3, 0.4) is 0 Å². The second-order valence-corrected chi connectivity index (χ2v) is 8.01. The highest BCUT2D eigenvalue weighted by atomic mass is 16.8. The molecule has 0 saturated heterocycles. The van der Waals surface area contributed by atoms with E-state index in [2.05, 4.69) is 14.0 Å². The second-order valence-electron chi connectivity index (χ2n) is 8.01. The van der Waals surface area contributed by atoms with E-state index in [1.54, 1.807) is 0 Å². The molecule has 22 heteroatoms. The van der Waals surface area contributed by atoms with Gasteiger partial charge in [-0.2, -0.15) is 0 Å². The molecule has 0 spiro atoms. The summed E-state index contributed by atoms with van der Waals surface area (Å²) >= 11 is 0. The van der Waals surface area contributed by atoms with E-state index in [0.717, 1.165) is 0 Å². The lowest BCUT2D eigenvalue weighted by Crippen LogP contribution is -2.47. The van der Waals surface area contributed by atoms with Gasteiger partial charge in [-0.3, -0.25) is 28.8 Å². The quantitative estimate of drug-likeness (QED) is 0.0687. The van der Waals surface area contributed by atoms with E-state index in [0.29, 0.717) is 0 Å². The lowest BCUT2D eigenvalue weighted by Gasteiger charge is -2.23. The molecule has 0 aromatic heterocycles. The molecule has 3 atom stereocenters. The summed E-state index contributed by atoms with van der Waals surface area (Å²) in [4.78, 5) is 102. The first-order valence-corrected chi connectivity index (χ1v) is 10.2. The van der Waals surface area contributed by atoms with Gasteiger partial charge in [0.1, 0.15) is 0 Å². The molecule has 0 radical (unpaired) electrons. The fraction of sp³-hybridized carbons (Fsp3) is 0.500. The third-order valence-corrected chi connectivity index (χ3v) is 4.52. The molecule has 222 valence electrons. The van der Waals surface area contributed by atoms with Crippen LogP contribution in [0.1, 0.15) is 38.5 Å². The highest BCUT2D eigenvalue weighted by Crippen LogP contribution is 2.21. The molecule has 0 bridgehead atoms. The van der Waals surface area contributed by atoms with Crippen molar-refractivity contribution < 1.29 is 103 Å². The Morgan fingerprint density at radius 2 is 0.625 bits per heavy atom. The Labute approximate surface area is 220 Å². The summed E-state index contributed by atoms with van der Waals surface area (Å²) in [5, 5.41) is 82.9. The van der Waals surface area contributed by atoms with E-state index < -0.39 is 116 Å². The molecule has 9 N–H and O–H groups in total. The molecule has 0 amide bonds. The van der Waals surface area contributed by atoms with Crippen LogP contribution in [-0.4, -0.2) is 124 Å². The summed E-state index contributed by atoms with van der Waals surface area (Å²) in [5.74, 6) is -18.5.